The molecule has 8 fully saturated rings. The van der Waals surface area contributed by atoms with Crippen LogP contribution < -0.4 is 10.6 Å². The number of ether oxygens (including phenoxy) is 3. The number of amides is 4. The number of rotatable bonds is 7. The van der Waals surface area contributed by atoms with Crippen molar-refractivity contribution in [1.82, 2.24) is 20.4 Å². The van der Waals surface area contributed by atoms with Gasteiger partial charge in [0.25, 0.3) is 0 Å². The molecule has 20 atom stereocenters. The number of Topliss-reactive ketones (excluding diaryl/α,β-unsaturated/α-hetero) is 2. The van der Waals surface area contributed by atoms with Crippen LogP contribution in [0, 0.1) is 91.7 Å². The zero-order valence-corrected chi connectivity index (χ0v) is 49.1. The second-order valence-electron chi connectivity index (χ2n) is 27.8. The number of nitrogens with zero attached hydrogens (tertiary/aromatic N) is 2. The number of aliphatic hydroxyl groups excluding tert-OH is 1. The van der Waals surface area contributed by atoms with Gasteiger partial charge in [-0.3, -0.25) is 29.8 Å². The molecule has 0 aromatic rings. The SMILES string of the molecule is CO[C@@H]1CCC23CC[C@@H](C)[C@](C)(C12)[C@H](OC(=O)NC(=O)[C@H]1CN(C)CC[C@@H]1C)C[C@@](C)(CC(F)(F)F)C(=O)[C@@H]3C.C[C@@H]1CCC23CCC(=O)C2[C@]1(C)[C@H](OC(=O)NC(=O)[C@H]1CN(C)CC[C@@H]1C)C[C@@](C)(CC(F)(F)F)[C@@H](O)[C@@H]3C. The van der Waals surface area contributed by atoms with Gasteiger partial charge in [-0.2, -0.15) is 26.3 Å². The number of methoxy groups -OCH3 is 1. The molecular formula is C59H92F6N4O10. The number of likely N-dealkylation sites (tertiary alicyclic amines) is 2. The summed E-state index contributed by atoms with van der Waals surface area (Å²) in [5, 5.41) is 16.3. The van der Waals surface area contributed by atoms with Crippen LogP contribution >= 0.6 is 0 Å². The van der Waals surface area contributed by atoms with Crippen molar-refractivity contribution < 1.29 is 74.4 Å². The van der Waals surface area contributed by atoms with E-state index in [4.69, 9.17) is 14.2 Å². The molecule has 3 N–H and O–H groups in total. The summed E-state index contributed by atoms with van der Waals surface area (Å²) < 4.78 is 102. The van der Waals surface area contributed by atoms with Gasteiger partial charge in [0.1, 0.15) is 23.8 Å². The average molecular weight is 1130 g/mol. The molecule has 20 heteroatoms. The molecule has 2 heterocycles. The largest absolute Gasteiger partial charge is 0.445 e. The van der Waals surface area contributed by atoms with E-state index in [1.807, 2.05) is 58.5 Å². The molecular weight excluding hydrogens is 1040 g/mol. The molecule has 0 spiro atoms. The Morgan fingerprint density at radius 2 is 1.13 bits per heavy atom. The van der Waals surface area contributed by atoms with Gasteiger partial charge in [0.2, 0.25) is 11.8 Å². The maximum Gasteiger partial charge on any atom is 0.414 e. The number of alkyl halides is 6. The van der Waals surface area contributed by atoms with Crippen molar-refractivity contribution in [3.63, 3.8) is 0 Å². The molecule has 6 saturated carbocycles. The predicted molar refractivity (Wildman–Crippen MR) is 282 cm³/mol. The Kier molecular flexibility index (Phi) is 18.1. The minimum absolute atomic E-state index is 0.00238. The van der Waals surface area contributed by atoms with Gasteiger partial charge in [-0.25, -0.2) is 9.59 Å². The van der Waals surface area contributed by atoms with Crippen LogP contribution in [0.1, 0.15) is 159 Å². The maximum atomic E-state index is 14.0. The van der Waals surface area contributed by atoms with Crippen LogP contribution in [0.5, 0.6) is 0 Å². The first-order valence-electron chi connectivity index (χ1n) is 29.2. The quantitative estimate of drug-likeness (QED) is 0.206. The molecule has 79 heavy (non-hydrogen) atoms. The minimum atomic E-state index is -4.57. The third-order valence-electron chi connectivity index (χ3n) is 23.2. The number of ketones is 2. The molecule has 4 unspecified atom stereocenters. The molecule has 2 aliphatic heterocycles. The van der Waals surface area contributed by atoms with Crippen molar-refractivity contribution in [3.05, 3.63) is 0 Å². The number of imide groups is 2. The molecule has 0 aromatic carbocycles. The summed E-state index contributed by atoms with van der Waals surface area (Å²) in [6.45, 7) is 20.9. The van der Waals surface area contributed by atoms with E-state index in [1.54, 1.807) is 21.0 Å². The van der Waals surface area contributed by atoms with Crippen molar-refractivity contribution in [2.45, 2.75) is 196 Å². The first-order valence-corrected chi connectivity index (χ1v) is 29.2. The molecule has 4 amide bonds. The number of hydrogen-bond donors (Lipinski definition) is 3. The summed E-state index contributed by atoms with van der Waals surface area (Å²) in [4.78, 5) is 84.3. The summed E-state index contributed by atoms with van der Waals surface area (Å²) in [7, 11) is 5.46. The lowest BCUT2D eigenvalue weighted by Gasteiger charge is -2.62. The fourth-order valence-corrected chi connectivity index (χ4v) is 18.1. The molecule has 0 aromatic heterocycles. The number of hydrogen-bond acceptors (Lipinski definition) is 12. The van der Waals surface area contributed by atoms with E-state index in [9.17, 15) is 60.2 Å². The summed E-state index contributed by atoms with van der Waals surface area (Å²) in [5.41, 5.74) is -6.31. The normalized spacial score (nSPS) is 44.8. The Balaban J connectivity index is 0.000000229. The van der Waals surface area contributed by atoms with Gasteiger partial charge in [-0.1, -0.05) is 69.2 Å². The monoisotopic (exact) mass is 1130 g/mol. The Morgan fingerprint density at radius 3 is 1.62 bits per heavy atom. The van der Waals surface area contributed by atoms with Crippen molar-refractivity contribution in [2.75, 3.05) is 47.4 Å². The van der Waals surface area contributed by atoms with Gasteiger partial charge in [-0.15, -0.1) is 0 Å². The van der Waals surface area contributed by atoms with E-state index < -0.39 is 135 Å². The number of carbonyl (C=O) groups is 6. The van der Waals surface area contributed by atoms with Crippen LogP contribution in [0.25, 0.3) is 0 Å². The third kappa shape index (κ3) is 11.8. The van der Waals surface area contributed by atoms with Crippen molar-refractivity contribution >= 4 is 35.6 Å². The second kappa shape index (κ2) is 22.7. The first kappa shape index (κ1) is 63.2. The Bertz CT molecular complexity index is 2310. The number of halogens is 6. The van der Waals surface area contributed by atoms with E-state index in [1.165, 1.54) is 13.8 Å². The molecule has 2 saturated heterocycles. The highest BCUT2D eigenvalue weighted by Crippen LogP contribution is 2.71. The lowest BCUT2D eigenvalue weighted by atomic mass is 9.43. The smallest absolute Gasteiger partial charge is 0.414 e. The van der Waals surface area contributed by atoms with E-state index in [-0.39, 0.29) is 54.3 Å². The van der Waals surface area contributed by atoms with E-state index in [2.05, 4.69) is 17.6 Å². The van der Waals surface area contributed by atoms with Crippen LogP contribution in [-0.2, 0) is 33.4 Å². The second-order valence-corrected chi connectivity index (χ2v) is 27.8. The highest BCUT2D eigenvalue weighted by atomic mass is 19.4. The van der Waals surface area contributed by atoms with Gasteiger partial charge in [-0.05, 0) is 138 Å². The number of aliphatic hydroxyl groups is 1. The Hall–Kier alpha value is -3.36. The molecule has 0 radical (unpaired) electrons. The van der Waals surface area contributed by atoms with Gasteiger partial charge in [0.05, 0.1) is 36.9 Å². The van der Waals surface area contributed by atoms with Gasteiger partial charge in [0, 0.05) is 66.0 Å². The Labute approximate surface area is 464 Å². The van der Waals surface area contributed by atoms with Crippen molar-refractivity contribution in [3.8, 4) is 0 Å². The lowest BCUT2D eigenvalue weighted by molar-refractivity contribution is -0.225. The van der Waals surface area contributed by atoms with Crippen LogP contribution in [0.15, 0.2) is 0 Å². The number of carbonyl (C=O) groups excluding carboxylic acids is 6. The number of alkyl carbamates (subject to hydrolysis) is 2. The van der Waals surface area contributed by atoms with E-state index in [0.29, 0.717) is 58.0 Å². The Morgan fingerprint density at radius 1 is 0.658 bits per heavy atom. The fourth-order valence-electron chi connectivity index (χ4n) is 18.1. The number of nitrogens with one attached hydrogen (secondary N) is 2. The summed E-state index contributed by atoms with van der Waals surface area (Å²) >= 11 is 0. The van der Waals surface area contributed by atoms with Gasteiger partial charge < -0.3 is 29.1 Å². The van der Waals surface area contributed by atoms with Crippen LogP contribution in [0.3, 0.4) is 0 Å². The topological polar surface area (TPSA) is 181 Å². The maximum absolute atomic E-state index is 14.0. The predicted octanol–water partition coefficient (Wildman–Crippen LogP) is 10.6. The van der Waals surface area contributed by atoms with E-state index >= 15 is 0 Å². The first-order chi connectivity index (χ1) is 36.4. The fraction of sp³-hybridized carbons (Fsp3) is 0.898. The minimum Gasteiger partial charge on any atom is -0.445 e. The molecule has 4 bridgehead atoms. The zero-order chi connectivity index (χ0) is 59.0. The average Bonchev–Trinajstić information content (AvgIpc) is 3.99. The van der Waals surface area contributed by atoms with Crippen LogP contribution in [0.4, 0.5) is 35.9 Å². The van der Waals surface area contributed by atoms with Crippen LogP contribution in [-0.4, -0.2) is 135 Å². The standard InChI is InChI=1S/C30H47F3N2O5.C29H45F3N2O5/c1-17-10-13-35(6)15-20(17)25(37)34-26(38)40-22-14-27(4,16-30(31,32)33)24(36)19(3)29-11-8-18(2)28(22,5)23(29)21(39-7)9-12-29;1-16-9-12-34(6)14-19(16)24(37)33-25(38)39-21-13-26(4,15-29(30,31)32)23(36)18(3)28-10-7-17(2)27(21,5)22(28)20(35)8-11-28/h17-23H,8-16H2,1-7H3,(H,34,37,38);16-19,21-23,36H,7-15H2,1-6H3,(H,33,37,38)/t17-,18+,19-,20-,21+,22+,23?,27-,28-,29?;16-,17+,18-,19-,21+,22?,23-,26-,27-,28?/m00/s1. The molecule has 14 nitrogen and oxygen atoms in total. The highest BCUT2D eigenvalue weighted by molar-refractivity contribution is 5.94. The van der Waals surface area contributed by atoms with Crippen LogP contribution in [0.2, 0.25) is 0 Å². The van der Waals surface area contributed by atoms with Crippen molar-refractivity contribution in [1.29, 1.82) is 0 Å². The molecule has 8 rings (SSSR count). The van der Waals surface area contributed by atoms with Crippen molar-refractivity contribution in [2.24, 2.45) is 91.7 Å². The van der Waals surface area contributed by atoms with E-state index in [0.717, 1.165) is 32.4 Å². The molecule has 8 aliphatic rings. The number of piperidine rings is 2. The zero-order valence-electron chi connectivity index (χ0n) is 49.1. The third-order valence-corrected chi connectivity index (χ3v) is 23.2. The molecule has 450 valence electrons. The van der Waals surface area contributed by atoms with Gasteiger partial charge >= 0.3 is 24.5 Å². The summed E-state index contributed by atoms with van der Waals surface area (Å²) in [6.07, 6.45) is -11.2. The highest BCUT2D eigenvalue weighted by Gasteiger charge is 2.71. The lowest BCUT2D eigenvalue weighted by Crippen LogP contribution is -2.64. The summed E-state index contributed by atoms with van der Waals surface area (Å²) in [5.74, 6) is -3.94. The summed E-state index contributed by atoms with van der Waals surface area (Å²) in [6, 6.07) is 0. The van der Waals surface area contributed by atoms with Gasteiger partial charge in [0.15, 0.2) is 0 Å². The molecule has 6 aliphatic carbocycles.